The van der Waals surface area contributed by atoms with Crippen molar-refractivity contribution in [2.45, 2.75) is 59.4 Å². The van der Waals surface area contributed by atoms with Crippen molar-refractivity contribution in [1.29, 1.82) is 0 Å². The van der Waals surface area contributed by atoms with Crippen molar-refractivity contribution in [3.05, 3.63) is 11.3 Å². The maximum absolute atomic E-state index is 10.1. The summed E-state index contributed by atoms with van der Waals surface area (Å²) in [6.07, 6.45) is 0. The number of rotatable bonds is 3. The molecule has 0 spiro atoms. The van der Waals surface area contributed by atoms with Crippen LogP contribution in [0.4, 0.5) is 0 Å². The van der Waals surface area contributed by atoms with Crippen molar-refractivity contribution < 1.29 is 5.11 Å². The normalized spacial score (nSPS) is 12.1. The molecule has 3 heteroatoms. The Morgan fingerprint density at radius 3 is 1.80 bits per heavy atom. The number of nitrogens with zero attached hydrogens (tertiary/aromatic N) is 2. The third-order valence-electron chi connectivity index (χ3n) is 2.56. The van der Waals surface area contributed by atoms with Crippen molar-refractivity contribution in [2.75, 3.05) is 0 Å². The van der Waals surface area contributed by atoms with Gasteiger partial charge < -0.3 is 5.11 Å². The van der Waals surface area contributed by atoms with Gasteiger partial charge in [0.05, 0.1) is 11.7 Å². The molecular weight excluding hydrogens is 188 g/mol. The van der Waals surface area contributed by atoms with Crippen LogP contribution in [0.1, 0.15) is 70.7 Å². The Labute approximate surface area is 92.1 Å². The van der Waals surface area contributed by atoms with Crippen LogP contribution < -0.4 is 0 Å². The fourth-order valence-electron chi connectivity index (χ4n) is 1.80. The first-order chi connectivity index (χ1) is 6.86. The zero-order valence-electron chi connectivity index (χ0n) is 10.6. The Kier molecular flexibility index (Phi) is 3.42. The molecule has 15 heavy (non-hydrogen) atoms. The average Bonchev–Trinajstić information content (AvgIpc) is 2.42. The minimum atomic E-state index is 0.204. The van der Waals surface area contributed by atoms with E-state index in [0.29, 0.717) is 17.7 Å². The van der Waals surface area contributed by atoms with Crippen molar-refractivity contribution in [3.8, 4) is 5.88 Å². The Balaban J connectivity index is 3.33. The van der Waals surface area contributed by atoms with Crippen LogP contribution in [0.3, 0.4) is 0 Å². The molecule has 0 unspecified atom stereocenters. The second kappa shape index (κ2) is 4.25. The maximum atomic E-state index is 10.1. The number of hydrogen-bond acceptors (Lipinski definition) is 2. The lowest BCUT2D eigenvalue weighted by molar-refractivity contribution is 0.372. The van der Waals surface area contributed by atoms with Gasteiger partial charge in [0.25, 0.3) is 0 Å². The van der Waals surface area contributed by atoms with Gasteiger partial charge in [0.15, 0.2) is 0 Å². The molecule has 0 radical (unpaired) electrons. The molecule has 3 nitrogen and oxygen atoms in total. The van der Waals surface area contributed by atoms with Gasteiger partial charge in [-0.25, -0.2) is 4.68 Å². The van der Waals surface area contributed by atoms with E-state index in [1.165, 1.54) is 0 Å². The van der Waals surface area contributed by atoms with Gasteiger partial charge in [0.1, 0.15) is 0 Å². The molecule has 1 aromatic rings. The zero-order valence-corrected chi connectivity index (χ0v) is 10.6. The fraction of sp³-hybridized carbons (Fsp3) is 0.750. The Morgan fingerprint density at radius 2 is 1.53 bits per heavy atom. The molecular formula is C12H22N2O. The van der Waals surface area contributed by atoms with Gasteiger partial charge in [0.2, 0.25) is 5.88 Å². The highest BCUT2D eigenvalue weighted by molar-refractivity contribution is 5.35. The molecule has 0 aliphatic heterocycles. The van der Waals surface area contributed by atoms with E-state index in [4.69, 9.17) is 0 Å². The Hall–Kier alpha value is -0.990. The molecule has 0 aliphatic rings. The zero-order chi connectivity index (χ0) is 11.7. The van der Waals surface area contributed by atoms with Crippen molar-refractivity contribution in [2.24, 2.45) is 0 Å². The number of aromatic nitrogens is 2. The van der Waals surface area contributed by atoms with Crippen LogP contribution in [0.25, 0.3) is 0 Å². The quantitative estimate of drug-likeness (QED) is 0.830. The maximum Gasteiger partial charge on any atom is 0.213 e. The highest BCUT2D eigenvalue weighted by atomic mass is 16.3. The van der Waals surface area contributed by atoms with Gasteiger partial charge in [0, 0.05) is 5.56 Å². The lowest BCUT2D eigenvalue weighted by atomic mass is 9.97. The summed E-state index contributed by atoms with van der Waals surface area (Å²) in [5, 5.41) is 14.6. The van der Waals surface area contributed by atoms with Crippen molar-refractivity contribution in [3.63, 3.8) is 0 Å². The van der Waals surface area contributed by atoms with Crippen molar-refractivity contribution in [1.82, 2.24) is 9.78 Å². The van der Waals surface area contributed by atoms with Gasteiger partial charge in [-0.1, -0.05) is 27.7 Å². The predicted octanol–water partition coefficient (Wildman–Crippen LogP) is 3.42. The molecule has 0 saturated heterocycles. The minimum Gasteiger partial charge on any atom is -0.493 e. The SMILES string of the molecule is CC(C)c1nn(C(C)C)c(O)c1C(C)C. The van der Waals surface area contributed by atoms with Gasteiger partial charge >= 0.3 is 0 Å². The second-order valence-electron chi connectivity index (χ2n) is 4.97. The first-order valence-corrected chi connectivity index (χ1v) is 5.67. The molecule has 1 heterocycles. The van der Waals surface area contributed by atoms with E-state index in [9.17, 15) is 5.11 Å². The summed E-state index contributed by atoms with van der Waals surface area (Å²) in [4.78, 5) is 0. The van der Waals surface area contributed by atoms with Gasteiger partial charge in [-0.3, -0.25) is 0 Å². The predicted molar refractivity (Wildman–Crippen MR) is 62.5 cm³/mol. The first kappa shape index (κ1) is 12.1. The summed E-state index contributed by atoms with van der Waals surface area (Å²) in [7, 11) is 0. The molecule has 1 aromatic heterocycles. The summed E-state index contributed by atoms with van der Waals surface area (Å²) in [6, 6.07) is 0.204. The smallest absolute Gasteiger partial charge is 0.213 e. The van der Waals surface area contributed by atoms with E-state index in [2.05, 4.69) is 32.8 Å². The standard InChI is InChI=1S/C12H22N2O/c1-7(2)10-11(8(3)4)13-14(9(5)6)12(10)15/h7-9,15H,1-6H3. The van der Waals surface area contributed by atoms with Gasteiger partial charge in [-0.05, 0) is 25.7 Å². The Morgan fingerprint density at radius 1 is 1.00 bits per heavy atom. The van der Waals surface area contributed by atoms with Crippen LogP contribution in [0, 0.1) is 0 Å². The van der Waals surface area contributed by atoms with Crippen LogP contribution in [-0.4, -0.2) is 14.9 Å². The van der Waals surface area contributed by atoms with E-state index in [1.807, 2.05) is 13.8 Å². The lowest BCUT2D eigenvalue weighted by Gasteiger charge is -2.08. The average molecular weight is 210 g/mol. The van der Waals surface area contributed by atoms with Crippen molar-refractivity contribution >= 4 is 0 Å². The Bertz CT molecular complexity index is 338. The second-order valence-corrected chi connectivity index (χ2v) is 4.97. The number of hydrogen-bond donors (Lipinski definition) is 1. The van der Waals surface area contributed by atoms with E-state index in [0.717, 1.165) is 11.3 Å². The van der Waals surface area contributed by atoms with Gasteiger partial charge in [-0.15, -0.1) is 0 Å². The van der Waals surface area contributed by atoms with Gasteiger partial charge in [-0.2, -0.15) is 5.10 Å². The fourth-order valence-corrected chi connectivity index (χ4v) is 1.80. The van der Waals surface area contributed by atoms with Crippen LogP contribution in [0.15, 0.2) is 0 Å². The molecule has 0 bridgehead atoms. The molecule has 0 fully saturated rings. The molecule has 86 valence electrons. The van der Waals surface area contributed by atoms with Crippen LogP contribution >= 0.6 is 0 Å². The van der Waals surface area contributed by atoms with Crippen LogP contribution in [0.5, 0.6) is 5.88 Å². The molecule has 0 aromatic carbocycles. The summed E-state index contributed by atoms with van der Waals surface area (Å²) in [6.45, 7) is 12.5. The van der Waals surface area contributed by atoms with Crippen LogP contribution in [-0.2, 0) is 0 Å². The summed E-state index contributed by atoms with van der Waals surface area (Å²) < 4.78 is 1.71. The van der Waals surface area contributed by atoms with E-state index >= 15 is 0 Å². The van der Waals surface area contributed by atoms with Crippen LogP contribution in [0.2, 0.25) is 0 Å². The highest BCUT2D eigenvalue weighted by Crippen LogP contribution is 2.34. The molecule has 0 amide bonds. The van der Waals surface area contributed by atoms with E-state index in [1.54, 1.807) is 4.68 Å². The molecule has 1 N–H and O–H groups in total. The topological polar surface area (TPSA) is 38.0 Å². The summed E-state index contributed by atoms with van der Waals surface area (Å²) in [5.41, 5.74) is 2.02. The number of aromatic hydroxyl groups is 1. The first-order valence-electron chi connectivity index (χ1n) is 5.67. The van der Waals surface area contributed by atoms with E-state index < -0.39 is 0 Å². The molecule has 0 saturated carbocycles. The molecule has 0 atom stereocenters. The molecule has 0 aliphatic carbocycles. The highest BCUT2D eigenvalue weighted by Gasteiger charge is 2.22. The minimum absolute atomic E-state index is 0.204. The largest absolute Gasteiger partial charge is 0.493 e. The summed E-state index contributed by atoms with van der Waals surface area (Å²) in [5.74, 6) is 1.01. The monoisotopic (exact) mass is 210 g/mol. The third kappa shape index (κ3) is 2.16. The molecule has 1 rings (SSSR count). The lowest BCUT2D eigenvalue weighted by Crippen LogP contribution is -2.03. The third-order valence-corrected chi connectivity index (χ3v) is 2.56. The van der Waals surface area contributed by atoms with E-state index in [-0.39, 0.29) is 6.04 Å². The summed E-state index contributed by atoms with van der Waals surface area (Å²) >= 11 is 0.